The SMILES string of the molecule is CCOc1ccnc(N2CCCC(CCBr)C2)n1. The molecule has 100 valence electrons. The van der Waals surface area contributed by atoms with Crippen molar-refractivity contribution in [1.29, 1.82) is 0 Å². The second-order valence-corrected chi connectivity index (χ2v) is 5.35. The second kappa shape index (κ2) is 6.92. The van der Waals surface area contributed by atoms with E-state index in [2.05, 4.69) is 30.8 Å². The summed E-state index contributed by atoms with van der Waals surface area (Å²) in [5.41, 5.74) is 0. The molecule has 1 aromatic rings. The van der Waals surface area contributed by atoms with E-state index in [1.54, 1.807) is 6.20 Å². The Morgan fingerprint density at radius 3 is 3.22 bits per heavy atom. The minimum atomic E-state index is 0.642. The highest BCUT2D eigenvalue weighted by Gasteiger charge is 2.21. The van der Waals surface area contributed by atoms with Gasteiger partial charge < -0.3 is 9.64 Å². The van der Waals surface area contributed by atoms with Gasteiger partial charge in [-0.25, -0.2) is 4.98 Å². The van der Waals surface area contributed by atoms with Gasteiger partial charge in [0.1, 0.15) is 0 Å². The van der Waals surface area contributed by atoms with Crippen molar-refractivity contribution in [3.8, 4) is 5.88 Å². The fraction of sp³-hybridized carbons (Fsp3) is 0.692. The zero-order valence-corrected chi connectivity index (χ0v) is 12.4. The molecule has 4 nitrogen and oxygen atoms in total. The number of rotatable bonds is 5. The van der Waals surface area contributed by atoms with E-state index in [1.807, 2.05) is 13.0 Å². The molecule has 18 heavy (non-hydrogen) atoms. The van der Waals surface area contributed by atoms with Crippen molar-refractivity contribution in [1.82, 2.24) is 9.97 Å². The molecule has 1 aromatic heterocycles. The largest absolute Gasteiger partial charge is 0.478 e. The predicted octanol–water partition coefficient (Wildman–Crippen LogP) is 2.88. The van der Waals surface area contributed by atoms with E-state index < -0.39 is 0 Å². The van der Waals surface area contributed by atoms with Gasteiger partial charge in [-0.2, -0.15) is 4.98 Å². The van der Waals surface area contributed by atoms with Gasteiger partial charge in [0, 0.05) is 30.7 Å². The van der Waals surface area contributed by atoms with Gasteiger partial charge in [-0.3, -0.25) is 0 Å². The first kappa shape index (κ1) is 13.6. The smallest absolute Gasteiger partial charge is 0.228 e. The number of piperidine rings is 1. The average Bonchev–Trinajstić information content (AvgIpc) is 2.40. The third-order valence-electron chi connectivity index (χ3n) is 3.23. The Morgan fingerprint density at radius 2 is 2.44 bits per heavy atom. The van der Waals surface area contributed by atoms with E-state index in [-0.39, 0.29) is 0 Å². The summed E-state index contributed by atoms with van der Waals surface area (Å²) in [6.45, 7) is 4.72. The number of hydrogen-bond donors (Lipinski definition) is 0. The van der Waals surface area contributed by atoms with Gasteiger partial charge in [0.15, 0.2) is 0 Å². The van der Waals surface area contributed by atoms with Crippen molar-refractivity contribution in [2.75, 3.05) is 29.9 Å². The van der Waals surface area contributed by atoms with Crippen molar-refractivity contribution in [3.05, 3.63) is 12.3 Å². The van der Waals surface area contributed by atoms with E-state index in [4.69, 9.17) is 4.74 Å². The second-order valence-electron chi connectivity index (χ2n) is 4.56. The van der Waals surface area contributed by atoms with Crippen molar-refractivity contribution in [2.24, 2.45) is 5.92 Å². The van der Waals surface area contributed by atoms with Crippen LogP contribution < -0.4 is 9.64 Å². The zero-order valence-electron chi connectivity index (χ0n) is 10.8. The van der Waals surface area contributed by atoms with Crippen LogP contribution in [0.1, 0.15) is 26.2 Å². The number of ether oxygens (including phenoxy) is 1. The fourth-order valence-electron chi connectivity index (χ4n) is 2.35. The van der Waals surface area contributed by atoms with Crippen LogP contribution in [0.15, 0.2) is 12.3 Å². The van der Waals surface area contributed by atoms with Crippen LogP contribution in [0.5, 0.6) is 5.88 Å². The summed E-state index contributed by atoms with van der Waals surface area (Å²) >= 11 is 3.52. The van der Waals surface area contributed by atoms with E-state index in [0.29, 0.717) is 12.5 Å². The molecule has 1 fully saturated rings. The molecule has 0 spiro atoms. The summed E-state index contributed by atoms with van der Waals surface area (Å²) in [6, 6.07) is 1.81. The van der Waals surface area contributed by atoms with E-state index in [0.717, 1.165) is 30.3 Å². The molecule has 0 bridgehead atoms. The first-order chi connectivity index (χ1) is 8.83. The van der Waals surface area contributed by atoms with E-state index in [1.165, 1.54) is 19.3 Å². The monoisotopic (exact) mass is 313 g/mol. The molecule has 1 aliphatic rings. The summed E-state index contributed by atoms with van der Waals surface area (Å²) < 4.78 is 5.43. The summed E-state index contributed by atoms with van der Waals surface area (Å²) in [5.74, 6) is 2.22. The van der Waals surface area contributed by atoms with Gasteiger partial charge in [0.25, 0.3) is 0 Å². The highest BCUT2D eigenvalue weighted by atomic mass is 79.9. The normalized spacial score (nSPS) is 19.9. The Kier molecular flexibility index (Phi) is 5.23. The number of anilines is 1. The van der Waals surface area contributed by atoms with E-state index in [9.17, 15) is 0 Å². The minimum Gasteiger partial charge on any atom is -0.478 e. The topological polar surface area (TPSA) is 38.2 Å². The molecular formula is C13H20BrN3O. The van der Waals surface area contributed by atoms with Crippen LogP contribution in [0.3, 0.4) is 0 Å². The maximum atomic E-state index is 5.43. The first-order valence-corrected chi connectivity index (χ1v) is 7.72. The maximum absolute atomic E-state index is 5.43. The zero-order chi connectivity index (χ0) is 12.8. The third kappa shape index (κ3) is 3.57. The van der Waals surface area contributed by atoms with Gasteiger partial charge in [-0.1, -0.05) is 15.9 Å². The van der Waals surface area contributed by atoms with Crippen molar-refractivity contribution < 1.29 is 4.74 Å². The first-order valence-electron chi connectivity index (χ1n) is 6.60. The van der Waals surface area contributed by atoms with Crippen LogP contribution in [-0.4, -0.2) is 35.0 Å². The Hall–Kier alpha value is -0.840. The molecule has 0 aliphatic carbocycles. The molecule has 0 radical (unpaired) electrons. The highest BCUT2D eigenvalue weighted by Crippen LogP contribution is 2.24. The van der Waals surface area contributed by atoms with Crippen molar-refractivity contribution >= 4 is 21.9 Å². The van der Waals surface area contributed by atoms with Gasteiger partial charge in [0.05, 0.1) is 6.61 Å². The molecule has 0 N–H and O–H groups in total. The molecule has 1 saturated heterocycles. The molecule has 0 amide bonds. The van der Waals surface area contributed by atoms with Gasteiger partial charge in [-0.05, 0) is 32.1 Å². The lowest BCUT2D eigenvalue weighted by molar-refractivity contribution is 0.325. The van der Waals surface area contributed by atoms with Crippen LogP contribution in [0.2, 0.25) is 0 Å². The third-order valence-corrected chi connectivity index (χ3v) is 3.69. The molecule has 2 heterocycles. The molecule has 0 saturated carbocycles. The van der Waals surface area contributed by atoms with Gasteiger partial charge in [-0.15, -0.1) is 0 Å². The number of halogens is 1. The number of aromatic nitrogens is 2. The molecule has 5 heteroatoms. The maximum Gasteiger partial charge on any atom is 0.228 e. The molecule has 1 unspecified atom stereocenters. The lowest BCUT2D eigenvalue weighted by Gasteiger charge is -2.32. The predicted molar refractivity (Wildman–Crippen MR) is 76.5 cm³/mol. The summed E-state index contributed by atoms with van der Waals surface area (Å²) in [6.07, 6.45) is 5.54. The average molecular weight is 314 g/mol. The highest BCUT2D eigenvalue weighted by molar-refractivity contribution is 9.09. The van der Waals surface area contributed by atoms with Crippen LogP contribution in [0, 0.1) is 5.92 Å². The Labute approximate surface area is 117 Å². The quantitative estimate of drug-likeness (QED) is 0.783. The summed E-state index contributed by atoms with van der Waals surface area (Å²) in [4.78, 5) is 11.1. The van der Waals surface area contributed by atoms with E-state index >= 15 is 0 Å². The number of hydrogen-bond acceptors (Lipinski definition) is 4. The van der Waals surface area contributed by atoms with Crippen LogP contribution in [0.4, 0.5) is 5.95 Å². The molecule has 1 aliphatic heterocycles. The van der Waals surface area contributed by atoms with Crippen LogP contribution >= 0.6 is 15.9 Å². The summed E-state index contributed by atoms with van der Waals surface area (Å²) in [5, 5.41) is 1.07. The Bertz CT molecular complexity index is 373. The van der Waals surface area contributed by atoms with Crippen molar-refractivity contribution in [3.63, 3.8) is 0 Å². The fourth-order valence-corrected chi connectivity index (χ4v) is 3.00. The van der Waals surface area contributed by atoms with Gasteiger partial charge in [0.2, 0.25) is 11.8 Å². The molecule has 1 atom stereocenters. The van der Waals surface area contributed by atoms with Crippen LogP contribution in [-0.2, 0) is 0 Å². The molecule has 2 rings (SSSR count). The Morgan fingerprint density at radius 1 is 1.56 bits per heavy atom. The summed E-state index contributed by atoms with van der Waals surface area (Å²) in [7, 11) is 0. The standard InChI is InChI=1S/C13H20BrN3O/c1-2-18-12-6-8-15-13(16-12)17-9-3-4-11(10-17)5-7-14/h6,8,11H,2-5,7,9-10H2,1H3. The van der Waals surface area contributed by atoms with Crippen LogP contribution in [0.25, 0.3) is 0 Å². The lowest BCUT2D eigenvalue weighted by Crippen LogP contribution is -2.36. The van der Waals surface area contributed by atoms with Gasteiger partial charge >= 0.3 is 0 Å². The molecule has 0 aromatic carbocycles. The van der Waals surface area contributed by atoms with Crippen molar-refractivity contribution in [2.45, 2.75) is 26.2 Å². The Balaban J connectivity index is 2.03. The number of nitrogens with zero attached hydrogens (tertiary/aromatic N) is 3. The lowest BCUT2D eigenvalue weighted by atomic mass is 9.96. The number of alkyl halides is 1. The minimum absolute atomic E-state index is 0.642. The molecular weight excluding hydrogens is 294 g/mol.